The van der Waals surface area contributed by atoms with Crippen molar-refractivity contribution < 1.29 is 14.4 Å². The van der Waals surface area contributed by atoms with Crippen LogP contribution in [0.15, 0.2) is 0 Å². The number of rotatable bonds is 5. The molecule has 1 aliphatic heterocycles. The highest BCUT2D eigenvalue weighted by atomic mass is 16.2. The predicted octanol–water partition coefficient (Wildman–Crippen LogP) is 1.79. The fraction of sp³-hybridized carbons (Fsp3) is 0.812. The van der Waals surface area contributed by atoms with Gasteiger partial charge in [-0.1, -0.05) is 19.8 Å². The zero-order valence-electron chi connectivity index (χ0n) is 13.8. The maximum Gasteiger partial charge on any atom is 0.325 e. The van der Waals surface area contributed by atoms with E-state index < -0.39 is 5.54 Å². The molecule has 1 saturated heterocycles. The number of nitrogens with one attached hydrogen (secondary N) is 2. The fourth-order valence-corrected chi connectivity index (χ4v) is 3.28. The van der Waals surface area contributed by atoms with Gasteiger partial charge in [-0.15, -0.1) is 0 Å². The Morgan fingerprint density at radius 2 is 2.09 bits per heavy atom. The summed E-state index contributed by atoms with van der Waals surface area (Å²) in [6, 6.07) is -0.0802. The second kappa shape index (κ2) is 6.67. The van der Waals surface area contributed by atoms with Gasteiger partial charge >= 0.3 is 6.03 Å². The van der Waals surface area contributed by atoms with Gasteiger partial charge in [0.15, 0.2) is 0 Å². The van der Waals surface area contributed by atoms with Crippen LogP contribution in [-0.2, 0) is 9.59 Å². The third-order valence-corrected chi connectivity index (χ3v) is 4.53. The first-order valence-electron chi connectivity index (χ1n) is 8.23. The molecule has 2 aliphatic rings. The largest absolute Gasteiger partial charge is 0.353 e. The van der Waals surface area contributed by atoms with E-state index in [-0.39, 0.29) is 23.9 Å². The van der Waals surface area contributed by atoms with Crippen LogP contribution in [0, 0.1) is 5.92 Å². The first-order chi connectivity index (χ1) is 10.3. The monoisotopic (exact) mass is 309 g/mol. The Bertz CT molecular complexity index is 462. The second-order valence-electron chi connectivity index (χ2n) is 7.15. The van der Waals surface area contributed by atoms with Gasteiger partial charge in [0.2, 0.25) is 5.91 Å². The van der Waals surface area contributed by atoms with E-state index in [2.05, 4.69) is 17.6 Å². The molecule has 0 aromatic carbocycles. The van der Waals surface area contributed by atoms with Crippen molar-refractivity contribution in [3.63, 3.8) is 0 Å². The minimum Gasteiger partial charge on any atom is -0.353 e. The number of hydrogen-bond acceptors (Lipinski definition) is 3. The van der Waals surface area contributed by atoms with Crippen LogP contribution in [0.4, 0.5) is 4.79 Å². The molecule has 0 radical (unpaired) electrons. The van der Waals surface area contributed by atoms with E-state index in [4.69, 9.17) is 0 Å². The molecular weight excluding hydrogens is 282 g/mol. The van der Waals surface area contributed by atoms with Gasteiger partial charge < -0.3 is 10.6 Å². The lowest BCUT2D eigenvalue weighted by Crippen LogP contribution is -2.40. The Morgan fingerprint density at radius 3 is 2.68 bits per heavy atom. The number of imide groups is 1. The summed E-state index contributed by atoms with van der Waals surface area (Å²) in [6.45, 7) is 5.88. The van der Waals surface area contributed by atoms with E-state index in [0.29, 0.717) is 25.3 Å². The van der Waals surface area contributed by atoms with Crippen molar-refractivity contribution in [1.82, 2.24) is 15.5 Å². The molecule has 0 aromatic rings. The molecule has 2 rings (SSSR count). The van der Waals surface area contributed by atoms with E-state index in [0.717, 1.165) is 12.8 Å². The molecule has 2 atom stereocenters. The number of urea groups is 1. The number of nitrogens with zero attached hydrogens (tertiary/aromatic N) is 1. The molecule has 4 amide bonds. The summed E-state index contributed by atoms with van der Waals surface area (Å²) in [5, 5.41) is 5.71. The SMILES string of the molecule is CC1CCCC(NC(=O)CCCN2C(=O)NC(C)(C)C2=O)C1. The third-order valence-electron chi connectivity index (χ3n) is 4.53. The van der Waals surface area contributed by atoms with Crippen LogP contribution in [0.5, 0.6) is 0 Å². The number of hydrogen-bond donors (Lipinski definition) is 2. The molecule has 0 spiro atoms. The Balaban J connectivity index is 1.71. The van der Waals surface area contributed by atoms with Crippen molar-refractivity contribution in [3.8, 4) is 0 Å². The smallest absolute Gasteiger partial charge is 0.325 e. The highest BCUT2D eigenvalue weighted by Gasteiger charge is 2.43. The van der Waals surface area contributed by atoms with E-state index in [9.17, 15) is 14.4 Å². The first kappa shape index (κ1) is 16.8. The van der Waals surface area contributed by atoms with Crippen LogP contribution in [-0.4, -0.2) is 40.9 Å². The van der Waals surface area contributed by atoms with Crippen molar-refractivity contribution in [1.29, 1.82) is 0 Å². The molecule has 1 aliphatic carbocycles. The lowest BCUT2D eigenvalue weighted by molar-refractivity contribution is -0.130. The van der Waals surface area contributed by atoms with E-state index in [1.165, 1.54) is 17.7 Å². The normalized spacial score (nSPS) is 27.7. The van der Waals surface area contributed by atoms with E-state index in [1.54, 1.807) is 13.8 Å². The zero-order valence-corrected chi connectivity index (χ0v) is 13.8. The summed E-state index contributed by atoms with van der Waals surface area (Å²) in [5.74, 6) is 0.469. The van der Waals surface area contributed by atoms with Crippen molar-refractivity contribution in [3.05, 3.63) is 0 Å². The molecule has 0 aromatic heterocycles. The second-order valence-corrected chi connectivity index (χ2v) is 7.15. The standard InChI is InChI=1S/C16H27N3O3/c1-11-6-4-7-12(10-11)17-13(20)8-5-9-19-14(21)16(2,3)18-15(19)22/h11-12H,4-10H2,1-3H3,(H,17,20)(H,18,22). The average Bonchev–Trinajstić information content (AvgIpc) is 2.60. The minimum atomic E-state index is -0.836. The zero-order chi connectivity index (χ0) is 16.3. The van der Waals surface area contributed by atoms with Crippen LogP contribution >= 0.6 is 0 Å². The molecule has 6 nitrogen and oxygen atoms in total. The molecule has 2 N–H and O–H groups in total. The van der Waals surface area contributed by atoms with Gasteiger partial charge in [-0.2, -0.15) is 0 Å². The van der Waals surface area contributed by atoms with Crippen LogP contribution in [0.3, 0.4) is 0 Å². The number of amides is 4. The summed E-state index contributed by atoms with van der Waals surface area (Å²) in [6.07, 6.45) is 5.37. The average molecular weight is 309 g/mol. The van der Waals surface area contributed by atoms with Gasteiger partial charge in [0.25, 0.3) is 5.91 Å². The Labute approximate surface area is 132 Å². The molecule has 1 heterocycles. The topological polar surface area (TPSA) is 78.5 Å². The number of carbonyl (C=O) groups is 3. The van der Waals surface area contributed by atoms with Crippen molar-refractivity contribution in [2.45, 2.75) is 70.9 Å². The van der Waals surface area contributed by atoms with Gasteiger partial charge in [0, 0.05) is 19.0 Å². The predicted molar refractivity (Wildman–Crippen MR) is 83.1 cm³/mol. The van der Waals surface area contributed by atoms with E-state index >= 15 is 0 Å². The lowest BCUT2D eigenvalue weighted by atomic mass is 9.87. The Hall–Kier alpha value is -1.59. The lowest BCUT2D eigenvalue weighted by Gasteiger charge is -2.27. The van der Waals surface area contributed by atoms with Gasteiger partial charge in [-0.3, -0.25) is 14.5 Å². The molecule has 0 bridgehead atoms. The Morgan fingerprint density at radius 1 is 1.36 bits per heavy atom. The Kier molecular flexibility index (Phi) is 5.08. The van der Waals surface area contributed by atoms with Crippen LogP contribution in [0.1, 0.15) is 59.3 Å². The van der Waals surface area contributed by atoms with E-state index in [1.807, 2.05) is 0 Å². The van der Waals surface area contributed by atoms with Crippen LogP contribution < -0.4 is 10.6 Å². The first-order valence-corrected chi connectivity index (χ1v) is 8.23. The van der Waals surface area contributed by atoms with Gasteiger partial charge in [-0.05, 0) is 39.0 Å². The van der Waals surface area contributed by atoms with Crippen molar-refractivity contribution in [2.24, 2.45) is 5.92 Å². The van der Waals surface area contributed by atoms with Crippen molar-refractivity contribution in [2.75, 3.05) is 6.54 Å². The van der Waals surface area contributed by atoms with Crippen molar-refractivity contribution >= 4 is 17.8 Å². The van der Waals surface area contributed by atoms with Gasteiger partial charge in [0.05, 0.1) is 0 Å². The molecule has 22 heavy (non-hydrogen) atoms. The number of carbonyl (C=O) groups excluding carboxylic acids is 3. The summed E-state index contributed by atoms with van der Waals surface area (Å²) in [7, 11) is 0. The maximum atomic E-state index is 12.0. The summed E-state index contributed by atoms with van der Waals surface area (Å²) in [5.41, 5.74) is -0.836. The maximum absolute atomic E-state index is 12.0. The van der Waals surface area contributed by atoms with Gasteiger partial charge in [0.1, 0.15) is 5.54 Å². The quantitative estimate of drug-likeness (QED) is 0.760. The molecular formula is C16H27N3O3. The highest BCUT2D eigenvalue weighted by Crippen LogP contribution is 2.23. The van der Waals surface area contributed by atoms with Crippen LogP contribution in [0.2, 0.25) is 0 Å². The molecule has 1 saturated carbocycles. The fourth-order valence-electron chi connectivity index (χ4n) is 3.28. The minimum absolute atomic E-state index is 0.0189. The summed E-state index contributed by atoms with van der Waals surface area (Å²) in [4.78, 5) is 36.9. The molecule has 124 valence electrons. The summed E-state index contributed by atoms with van der Waals surface area (Å²) < 4.78 is 0. The molecule has 2 unspecified atom stereocenters. The van der Waals surface area contributed by atoms with Crippen LogP contribution in [0.25, 0.3) is 0 Å². The summed E-state index contributed by atoms with van der Waals surface area (Å²) >= 11 is 0. The van der Waals surface area contributed by atoms with Gasteiger partial charge in [-0.25, -0.2) is 4.79 Å². The highest BCUT2D eigenvalue weighted by molar-refractivity contribution is 6.06. The third kappa shape index (κ3) is 3.99. The molecule has 2 fully saturated rings. The molecule has 6 heteroatoms.